The number of Topliss-reactive ketones (excluding diaryl/α,β-unsaturated/α-hetero) is 1. The first-order valence-electron chi connectivity index (χ1n) is 6.26. The summed E-state index contributed by atoms with van der Waals surface area (Å²) in [5, 5.41) is 0. The molecule has 0 saturated carbocycles. The largest absolute Gasteiger partial charge is 0.483 e. The Morgan fingerprint density at radius 3 is 2.24 bits per heavy atom. The third-order valence-electron chi connectivity index (χ3n) is 2.99. The molecule has 0 aliphatic heterocycles. The van der Waals surface area contributed by atoms with Crippen molar-refractivity contribution in [2.45, 2.75) is 13.8 Å². The van der Waals surface area contributed by atoms with Crippen molar-refractivity contribution in [1.29, 1.82) is 0 Å². The van der Waals surface area contributed by atoms with E-state index in [4.69, 9.17) is 4.74 Å². The van der Waals surface area contributed by atoms with Crippen LogP contribution in [-0.4, -0.2) is 12.4 Å². The van der Waals surface area contributed by atoms with Gasteiger partial charge in [-0.25, -0.2) is 0 Å². The predicted octanol–water partition coefficient (Wildman–Crippen LogP) is 5.38. The number of hydrogen-bond donors (Lipinski definition) is 0. The molecular formula is C16H13I3O2. The lowest BCUT2D eigenvalue weighted by molar-refractivity contribution is 0.0919. The quantitative estimate of drug-likeness (QED) is 0.340. The van der Waals surface area contributed by atoms with Gasteiger partial charge in [-0.05, 0) is 99.3 Å². The molecule has 2 aromatic rings. The number of rotatable bonds is 4. The van der Waals surface area contributed by atoms with E-state index in [-0.39, 0.29) is 12.4 Å². The predicted molar refractivity (Wildman–Crippen MR) is 110 cm³/mol. The lowest BCUT2D eigenvalue weighted by atomic mass is 10.0. The van der Waals surface area contributed by atoms with Crippen LogP contribution in [0.15, 0.2) is 30.3 Å². The van der Waals surface area contributed by atoms with Gasteiger partial charge < -0.3 is 4.74 Å². The van der Waals surface area contributed by atoms with E-state index in [1.54, 1.807) is 0 Å². The lowest BCUT2D eigenvalue weighted by Crippen LogP contribution is -2.14. The Morgan fingerprint density at radius 1 is 1.05 bits per heavy atom. The number of carbonyl (C=O) groups is 1. The van der Waals surface area contributed by atoms with Crippen molar-refractivity contribution in [2.75, 3.05) is 6.61 Å². The maximum Gasteiger partial charge on any atom is 0.200 e. The van der Waals surface area contributed by atoms with Gasteiger partial charge in [-0.3, -0.25) is 4.79 Å². The summed E-state index contributed by atoms with van der Waals surface area (Å²) < 4.78 is 8.97. The average Bonchev–Trinajstić information content (AvgIpc) is 2.36. The minimum absolute atomic E-state index is 0.0117. The number of carbonyl (C=O) groups excluding carboxylic acids is 1. The van der Waals surface area contributed by atoms with Crippen LogP contribution in [0.4, 0.5) is 0 Å². The highest BCUT2D eigenvalue weighted by Crippen LogP contribution is 2.29. The zero-order valence-corrected chi connectivity index (χ0v) is 18.0. The third-order valence-corrected chi connectivity index (χ3v) is 5.22. The molecule has 5 heteroatoms. The van der Waals surface area contributed by atoms with E-state index < -0.39 is 0 Å². The van der Waals surface area contributed by atoms with Crippen LogP contribution in [0.2, 0.25) is 0 Å². The highest BCUT2D eigenvalue weighted by atomic mass is 127. The number of halogens is 3. The molecule has 21 heavy (non-hydrogen) atoms. The molecule has 2 nitrogen and oxygen atoms in total. The molecule has 0 aromatic heterocycles. The molecule has 0 amide bonds. The molecular weight excluding hydrogens is 605 g/mol. The summed E-state index contributed by atoms with van der Waals surface area (Å²) in [5.41, 5.74) is 2.89. The van der Waals surface area contributed by atoms with Crippen LogP contribution in [-0.2, 0) is 0 Å². The van der Waals surface area contributed by atoms with Crippen molar-refractivity contribution in [1.82, 2.24) is 0 Å². The Kier molecular flexibility index (Phi) is 6.30. The molecule has 0 fully saturated rings. The first-order chi connectivity index (χ1) is 9.88. The van der Waals surface area contributed by atoms with Gasteiger partial charge in [0.2, 0.25) is 0 Å². The van der Waals surface area contributed by atoms with Gasteiger partial charge in [-0.2, -0.15) is 0 Å². The minimum atomic E-state index is 0.0117. The van der Waals surface area contributed by atoms with Crippen LogP contribution in [0.3, 0.4) is 0 Å². The lowest BCUT2D eigenvalue weighted by Gasteiger charge is -2.11. The molecule has 110 valence electrons. The molecule has 0 radical (unpaired) electrons. The normalized spacial score (nSPS) is 10.5. The Morgan fingerprint density at radius 2 is 1.67 bits per heavy atom. The smallest absolute Gasteiger partial charge is 0.200 e. The zero-order chi connectivity index (χ0) is 15.6. The van der Waals surface area contributed by atoms with Crippen LogP contribution in [0.25, 0.3) is 0 Å². The van der Waals surface area contributed by atoms with Crippen molar-refractivity contribution in [3.8, 4) is 5.75 Å². The molecule has 0 saturated heterocycles. The van der Waals surface area contributed by atoms with Gasteiger partial charge in [-0.1, -0.05) is 23.8 Å². The number of benzene rings is 2. The molecule has 0 spiro atoms. The van der Waals surface area contributed by atoms with Gasteiger partial charge >= 0.3 is 0 Å². The second-order valence-corrected chi connectivity index (χ2v) is 8.30. The topological polar surface area (TPSA) is 26.3 Å². The Hall–Kier alpha value is 0.1000. The first-order valence-corrected chi connectivity index (χ1v) is 9.50. The zero-order valence-electron chi connectivity index (χ0n) is 11.5. The monoisotopic (exact) mass is 618 g/mol. The van der Waals surface area contributed by atoms with E-state index >= 15 is 0 Å². The van der Waals surface area contributed by atoms with Crippen LogP contribution in [0.5, 0.6) is 5.75 Å². The van der Waals surface area contributed by atoms with Crippen molar-refractivity contribution < 1.29 is 9.53 Å². The van der Waals surface area contributed by atoms with Gasteiger partial charge in [0.15, 0.2) is 12.4 Å². The van der Waals surface area contributed by atoms with E-state index in [1.165, 1.54) is 0 Å². The molecule has 0 unspecified atom stereocenters. The molecule has 0 N–H and O–H groups in total. The summed E-state index contributed by atoms with van der Waals surface area (Å²) in [5.74, 6) is 0.799. The van der Waals surface area contributed by atoms with Gasteiger partial charge in [0.05, 0.1) is 7.14 Å². The van der Waals surface area contributed by atoms with Crippen molar-refractivity contribution in [2.24, 2.45) is 0 Å². The minimum Gasteiger partial charge on any atom is -0.483 e. The van der Waals surface area contributed by atoms with Crippen LogP contribution in [0.1, 0.15) is 21.5 Å². The number of ketones is 1. The van der Waals surface area contributed by atoms with E-state index in [1.807, 2.05) is 44.2 Å². The van der Waals surface area contributed by atoms with Crippen LogP contribution in [0, 0.1) is 24.6 Å². The van der Waals surface area contributed by atoms with E-state index in [9.17, 15) is 4.79 Å². The fourth-order valence-electron chi connectivity index (χ4n) is 2.01. The summed E-state index contributed by atoms with van der Waals surface area (Å²) in [6.07, 6.45) is 0. The van der Waals surface area contributed by atoms with E-state index in [2.05, 4.69) is 67.8 Å². The van der Waals surface area contributed by atoms with Gasteiger partial charge in [0.1, 0.15) is 5.75 Å². The Labute approximate surface area is 165 Å². The van der Waals surface area contributed by atoms with Gasteiger partial charge in [0, 0.05) is 9.13 Å². The fraction of sp³-hybridized carbons (Fsp3) is 0.188. The van der Waals surface area contributed by atoms with Crippen LogP contribution >= 0.6 is 67.8 Å². The molecule has 2 aromatic carbocycles. The standard InChI is InChI=1S/C16H13I3O2/c1-9-3-4-12(10(2)5-9)15(20)8-21-16-13(18)6-11(17)7-14(16)19/h3-7H,8H2,1-2H3. The second kappa shape index (κ2) is 7.58. The highest BCUT2D eigenvalue weighted by molar-refractivity contribution is 14.1. The molecule has 0 aliphatic rings. The summed E-state index contributed by atoms with van der Waals surface area (Å²) in [7, 11) is 0. The third kappa shape index (κ3) is 4.54. The van der Waals surface area contributed by atoms with E-state index in [0.29, 0.717) is 0 Å². The fourth-order valence-corrected chi connectivity index (χ4v) is 5.90. The number of ether oxygens (including phenoxy) is 1. The molecule has 0 aliphatic carbocycles. The van der Waals surface area contributed by atoms with Crippen molar-refractivity contribution in [3.63, 3.8) is 0 Å². The molecule has 0 heterocycles. The highest BCUT2D eigenvalue weighted by Gasteiger charge is 2.13. The number of hydrogen-bond acceptors (Lipinski definition) is 2. The Bertz CT molecular complexity index is 673. The van der Waals surface area contributed by atoms with Gasteiger partial charge in [-0.15, -0.1) is 0 Å². The Balaban J connectivity index is 2.15. The summed E-state index contributed by atoms with van der Waals surface area (Å²) in [6.45, 7) is 4.04. The second-order valence-electron chi connectivity index (χ2n) is 4.73. The maximum atomic E-state index is 12.3. The molecule has 0 atom stereocenters. The van der Waals surface area contributed by atoms with E-state index in [0.717, 1.165) is 33.2 Å². The number of aryl methyl sites for hydroxylation is 2. The maximum absolute atomic E-state index is 12.3. The SMILES string of the molecule is Cc1ccc(C(=O)COc2c(I)cc(I)cc2I)c(C)c1. The summed E-state index contributed by atoms with van der Waals surface area (Å²) in [4.78, 5) is 12.3. The van der Waals surface area contributed by atoms with Gasteiger partial charge in [0.25, 0.3) is 0 Å². The summed E-state index contributed by atoms with van der Waals surface area (Å²) in [6, 6.07) is 9.94. The van der Waals surface area contributed by atoms with Crippen LogP contribution < -0.4 is 4.74 Å². The average molecular weight is 618 g/mol. The first kappa shape index (κ1) is 17.5. The molecule has 0 bridgehead atoms. The van der Waals surface area contributed by atoms with Crippen molar-refractivity contribution >= 4 is 73.6 Å². The van der Waals surface area contributed by atoms with Crippen molar-refractivity contribution in [3.05, 3.63) is 57.7 Å². The summed E-state index contributed by atoms with van der Waals surface area (Å²) >= 11 is 6.75. The molecule has 2 rings (SSSR count).